The van der Waals surface area contributed by atoms with E-state index in [1.807, 2.05) is 38.1 Å². The van der Waals surface area contributed by atoms with Gasteiger partial charge in [-0.2, -0.15) is 0 Å². The van der Waals surface area contributed by atoms with Gasteiger partial charge in [0.05, 0.1) is 11.4 Å². The Balaban J connectivity index is 0.000000816. The topological polar surface area (TPSA) is 55.0 Å². The van der Waals surface area contributed by atoms with Crippen LogP contribution in [0.3, 0.4) is 0 Å². The third-order valence-corrected chi connectivity index (χ3v) is 3.11. The molecule has 0 saturated carbocycles. The van der Waals surface area contributed by atoms with Gasteiger partial charge in [0, 0.05) is 37.6 Å². The van der Waals surface area contributed by atoms with E-state index in [2.05, 4.69) is 54.2 Å². The molecule has 0 radical (unpaired) electrons. The first-order valence-corrected chi connectivity index (χ1v) is 15.2. The zero-order chi connectivity index (χ0) is 17.1. The van der Waals surface area contributed by atoms with Gasteiger partial charge >= 0.3 is 40.5 Å². The van der Waals surface area contributed by atoms with Crippen molar-refractivity contribution in [1.29, 1.82) is 0 Å². The van der Waals surface area contributed by atoms with Crippen LogP contribution >= 0.6 is 27.2 Å². The van der Waals surface area contributed by atoms with Crippen molar-refractivity contribution in [2.75, 3.05) is 13.1 Å². The molecule has 2 aromatic rings. The summed E-state index contributed by atoms with van der Waals surface area (Å²) in [6.45, 7) is 7.10. The Bertz CT molecular complexity index is 536. The van der Waals surface area contributed by atoms with E-state index in [4.69, 9.17) is 5.73 Å². The second kappa shape index (κ2) is 12.2. The normalized spacial score (nSPS) is 10.5. The fourth-order valence-corrected chi connectivity index (χ4v) is 2.23. The molecule has 0 atom stereocenters. The Morgan fingerprint density at radius 2 is 1.39 bits per heavy atom. The van der Waals surface area contributed by atoms with Crippen LogP contribution in [0.1, 0.15) is 22.8 Å². The van der Waals surface area contributed by atoms with Crippen LogP contribution in [0, 0.1) is 13.8 Å². The third-order valence-electron chi connectivity index (χ3n) is 3.11. The van der Waals surface area contributed by atoms with Crippen molar-refractivity contribution in [2.45, 2.75) is 26.9 Å². The van der Waals surface area contributed by atoms with Crippen molar-refractivity contribution in [3.63, 3.8) is 0 Å². The van der Waals surface area contributed by atoms with Gasteiger partial charge in [-0.3, -0.25) is 14.9 Å². The zero-order valence-corrected chi connectivity index (χ0v) is 18.2. The predicted molar refractivity (Wildman–Crippen MR) is 99.0 cm³/mol. The summed E-state index contributed by atoms with van der Waals surface area (Å²) >= 11 is 6.64. The quantitative estimate of drug-likeness (QED) is 0.578. The molecule has 2 N–H and O–H groups in total. The molecule has 2 heterocycles. The summed E-state index contributed by atoms with van der Waals surface area (Å²) in [6.07, 6.45) is 0. The van der Waals surface area contributed by atoms with E-state index in [1.54, 1.807) is 0 Å². The molecular weight excluding hydrogens is 509 g/mol. The van der Waals surface area contributed by atoms with Gasteiger partial charge in [0.1, 0.15) is 0 Å². The molecule has 0 aliphatic carbocycles. The van der Waals surface area contributed by atoms with Crippen LogP contribution in [0.15, 0.2) is 36.4 Å². The summed E-state index contributed by atoms with van der Waals surface area (Å²) in [5.41, 5.74) is 9.95. The Morgan fingerprint density at radius 1 is 0.957 bits per heavy atom. The molecule has 4 nitrogen and oxygen atoms in total. The van der Waals surface area contributed by atoms with Gasteiger partial charge < -0.3 is 5.73 Å². The van der Waals surface area contributed by atoms with E-state index in [-0.39, 0.29) is 0 Å². The Morgan fingerprint density at radius 3 is 1.74 bits per heavy atom. The number of pyridine rings is 2. The first-order chi connectivity index (χ1) is 11.1. The first-order valence-electron chi connectivity index (χ1n) is 7.21. The van der Waals surface area contributed by atoms with E-state index in [0.717, 1.165) is 42.4 Å². The van der Waals surface area contributed by atoms with Crippen LogP contribution in [0.5, 0.6) is 0 Å². The molecular formula is C16H22Br2N4Ru. The maximum atomic E-state index is 5.71. The molecule has 0 fully saturated rings. The molecule has 0 unspecified atom stereocenters. The molecule has 0 aliphatic rings. The number of nitrogens with zero attached hydrogens (tertiary/aromatic N) is 3. The number of nitrogens with two attached hydrogens (primary N) is 1. The number of aromatic nitrogens is 2. The minimum absolute atomic E-state index is 0.335. The Labute approximate surface area is 159 Å². The molecule has 128 valence electrons. The number of rotatable bonds is 6. The van der Waals surface area contributed by atoms with Crippen molar-refractivity contribution < 1.29 is 13.2 Å². The van der Waals surface area contributed by atoms with Crippen molar-refractivity contribution in [3.05, 3.63) is 59.2 Å². The van der Waals surface area contributed by atoms with Crippen LogP contribution in [0.25, 0.3) is 0 Å². The van der Waals surface area contributed by atoms with Crippen LogP contribution < -0.4 is 5.73 Å². The van der Waals surface area contributed by atoms with Crippen LogP contribution in [-0.4, -0.2) is 28.0 Å². The van der Waals surface area contributed by atoms with Crippen LogP contribution in [0.2, 0.25) is 0 Å². The number of halogens is 2. The fraction of sp³-hybridized carbons (Fsp3) is 0.375. The summed E-state index contributed by atoms with van der Waals surface area (Å²) in [6, 6.07) is 12.2. The average molecular weight is 531 g/mol. The maximum absolute atomic E-state index is 5.71. The zero-order valence-electron chi connectivity index (χ0n) is 13.3. The van der Waals surface area contributed by atoms with E-state index in [9.17, 15) is 0 Å². The molecule has 0 spiro atoms. The summed E-state index contributed by atoms with van der Waals surface area (Å²) in [4.78, 5) is 11.4. The molecule has 0 aromatic carbocycles. The van der Waals surface area contributed by atoms with Crippen molar-refractivity contribution >= 4 is 27.2 Å². The van der Waals surface area contributed by atoms with Crippen molar-refractivity contribution in [2.24, 2.45) is 5.73 Å². The first kappa shape index (κ1) is 20.8. The van der Waals surface area contributed by atoms with E-state index in [0.29, 0.717) is 19.8 Å². The Kier molecular flexibility index (Phi) is 11.1. The Hall–Kier alpha value is -0.197. The molecule has 2 rings (SSSR count). The molecule has 2 aromatic heterocycles. The number of aryl methyl sites for hydroxylation is 2. The van der Waals surface area contributed by atoms with Gasteiger partial charge in [0.15, 0.2) is 0 Å². The second-order valence-corrected chi connectivity index (χ2v) is 13.1. The molecule has 7 heteroatoms. The number of hydrogen-bond donors (Lipinski definition) is 1. The number of hydrogen-bond acceptors (Lipinski definition) is 4. The van der Waals surface area contributed by atoms with E-state index in [1.165, 1.54) is 0 Å². The molecule has 0 bridgehead atoms. The standard InChI is InChI=1S/C16H22N4.2BrH.Ru/c1-13-5-3-7-15(18-13)11-20(10-9-17)12-16-8-4-6-14(2)19-16;;;/h3-8H,9-12,17H2,1-2H3;2*1H;/q;;;+2/p-2. The van der Waals surface area contributed by atoms with Gasteiger partial charge in [-0.1, -0.05) is 12.1 Å². The van der Waals surface area contributed by atoms with Gasteiger partial charge in [0.25, 0.3) is 0 Å². The fourth-order valence-electron chi connectivity index (χ4n) is 2.23. The molecule has 0 saturated heterocycles. The van der Waals surface area contributed by atoms with E-state index >= 15 is 0 Å². The van der Waals surface area contributed by atoms with Crippen molar-refractivity contribution in [1.82, 2.24) is 14.9 Å². The average Bonchev–Trinajstić information content (AvgIpc) is 2.48. The molecule has 23 heavy (non-hydrogen) atoms. The summed E-state index contributed by atoms with van der Waals surface area (Å²) < 4.78 is 0. The van der Waals surface area contributed by atoms with Gasteiger partial charge in [-0.05, 0) is 38.1 Å². The van der Waals surface area contributed by atoms with Crippen LogP contribution in [0.4, 0.5) is 0 Å². The van der Waals surface area contributed by atoms with Gasteiger partial charge in [-0.25, -0.2) is 0 Å². The SMILES string of the molecule is Cc1cccc(CN(CCN)Cc2cccc(C)n2)n1.[Br][Ru][Br]. The van der Waals surface area contributed by atoms with Gasteiger partial charge in [-0.15, -0.1) is 0 Å². The summed E-state index contributed by atoms with van der Waals surface area (Å²) in [5, 5.41) is 0. The molecule has 0 aliphatic heterocycles. The minimum atomic E-state index is 0.335. The predicted octanol–water partition coefficient (Wildman–Crippen LogP) is 3.74. The van der Waals surface area contributed by atoms with Gasteiger partial charge in [0.2, 0.25) is 0 Å². The van der Waals surface area contributed by atoms with E-state index < -0.39 is 0 Å². The summed E-state index contributed by atoms with van der Waals surface area (Å²) in [5.74, 6) is 0. The summed E-state index contributed by atoms with van der Waals surface area (Å²) in [7, 11) is 0. The van der Waals surface area contributed by atoms with Crippen molar-refractivity contribution in [3.8, 4) is 0 Å². The molecule has 0 amide bonds. The third kappa shape index (κ3) is 9.01. The monoisotopic (exact) mass is 530 g/mol. The second-order valence-electron chi connectivity index (χ2n) is 5.09. The van der Waals surface area contributed by atoms with Crippen LogP contribution in [-0.2, 0) is 26.3 Å².